The molecule has 11 heteroatoms. The first kappa shape index (κ1) is 20.7. The zero-order valence-electron chi connectivity index (χ0n) is 15.9. The van der Waals surface area contributed by atoms with Crippen LogP contribution in [0.5, 0.6) is 5.75 Å². The van der Waals surface area contributed by atoms with Gasteiger partial charge in [-0.2, -0.15) is 5.26 Å². The normalized spacial score (nSPS) is 11.0. The van der Waals surface area contributed by atoms with Gasteiger partial charge in [0.1, 0.15) is 33.9 Å². The number of amides is 1. The van der Waals surface area contributed by atoms with Gasteiger partial charge in [-0.25, -0.2) is 0 Å². The number of carbonyl (C=O) groups excluding carboxylic acids is 1. The van der Waals surface area contributed by atoms with Crippen molar-refractivity contribution in [1.82, 2.24) is 10.2 Å². The average molecular weight is 425 g/mol. The molecule has 0 saturated carbocycles. The number of rotatable bonds is 7. The Labute approximate surface area is 174 Å². The topological polar surface area (TPSA) is 144 Å². The number of nitrogens with zero attached hydrogens (tertiary/aromatic N) is 4. The van der Waals surface area contributed by atoms with E-state index in [1.54, 1.807) is 26.0 Å². The Balaban J connectivity index is 1.87. The Morgan fingerprint density at radius 2 is 2.20 bits per heavy atom. The number of nitro groups is 1. The lowest BCUT2D eigenvalue weighted by molar-refractivity contribution is -0.384. The molecule has 0 bridgehead atoms. The molecule has 0 aliphatic carbocycles. The fourth-order valence-electron chi connectivity index (χ4n) is 2.50. The predicted octanol–water partition coefficient (Wildman–Crippen LogP) is 3.96. The zero-order valence-corrected chi connectivity index (χ0v) is 16.7. The molecule has 0 radical (unpaired) electrons. The van der Waals surface area contributed by atoms with Crippen LogP contribution in [0.2, 0.25) is 0 Å². The fraction of sp³-hybridized carbons (Fsp3) is 0.158. The predicted molar refractivity (Wildman–Crippen MR) is 109 cm³/mol. The summed E-state index contributed by atoms with van der Waals surface area (Å²) in [5, 5.41) is 31.7. The number of furan rings is 1. The van der Waals surface area contributed by atoms with Crippen molar-refractivity contribution in [3.8, 4) is 23.1 Å². The van der Waals surface area contributed by atoms with Crippen LogP contribution in [0.3, 0.4) is 0 Å². The van der Waals surface area contributed by atoms with Crippen molar-refractivity contribution in [2.24, 2.45) is 0 Å². The molecule has 0 aliphatic heterocycles. The van der Waals surface area contributed by atoms with E-state index in [1.165, 1.54) is 41.7 Å². The summed E-state index contributed by atoms with van der Waals surface area (Å²) in [7, 11) is 0. The van der Waals surface area contributed by atoms with Gasteiger partial charge in [0.15, 0.2) is 0 Å². The van der Waals surface area contributed by atoms with E-state index in [-0.39, 0.29) is 33.5 Å². The van der Waals surface area contributed by atoms with Crippen LogP contribution in [0.25, 0.3) is 17.4 Å². The highest BCUT2D eigenvalue weighted by molar-refractivity contribution is 7.15. The molecule has 3 rings (SSSR count). The van der Waals surface area contributed by atoms with Crippen LogP contribution in [0, 0.1) is 28.4 Å². The molecule has 0 saturated heterocycles. The molecule has 2 aromatic heterocycles. The molecular weight excluding hydrogens is 410 g/mol. The van der Waals surface area contributed by atoms with Crippen LogP contribution < -0.4 is 10.1 Å². The molecule has 0 fully saturated rings. The number of carbonyl (C=O) groups is 1. The van der Waals surface area contributed by atoms with Crippen LogP contribution in [0.1, 0.15) is 17.7 Å². The minimum atomic E-state index is -0.668. The lowest BCUT2D eigenvalue weighted by Gasteiger charge is -2.05. The summed E-state index contributed by atoms with van der Waals surface area (Å²) in [6.07, 6.45) is 1.24. The van der Waals surface area contributed by atoms with Gasteiger partial charge in [-0.15, -0.1) is 10.2 Å². The number of ether oxygens (including phenoxy) is 1. The van der Waals surface area contributed by atoms with Gasteiger partial charge in [0.05, 0.1) is 23.2 Å². The number of nitro benzene ring substituents is 1. The Hall–Kier alpha value is -4.04. The number of benzene rings is 1. The summed E-state index contributed by atoms with van der Waals surface area (Å²) < 4.78 is 10.9. The van der Waals surface area contributed by atoms with Crippen molar-refractivity contribution >= 4 is 34.1 Å². The van der Waals surface area contributed by atoms with E-state index in [4.69, 9.17) is 9.15 Å². The van der Waals surface area contributed by atoms with Gasteiger partial charge >= 0.3 is 0 Å². The fourth-order valence-corrected chi connectivity index (χ4v) is 3.09. The van der Waals surface area contributed by atoms with Crippen LogP contribution >= 0.6 is 11.3 Å². The minimum Gasteiger partial charge on any atom is -0.494 e. The largest absolute Gasteiger partial charge is 0.494 e. The minimum absolute atomic E-state index is 0.185. The Kier molecular flexibility index (Phi) is 6.19. The summed E-state index contributed by atoms with van der Waals surface area (Å²) in [5.41, 5.74) is -0.156. The number of aryl methyl sites for hydroxylation is 1. The quantitative estimate of drug-likeness (QED) is 0.259. The first-order valence-corrected chi connectivity index (χ1v) is 9.47. The molecule has 0 spiro atoms. The van der Waals surface area contributed by atoms with E-state index in [9.17, 15) is 20.2 Å². The second-order valence-corrected chi connectivity index (χ2v) is 7.00. The maximum Gasteiger partial charge on any atom is 0.284 e. The molecule has 1 N–H and O–H groups in total. The summed E-state index contributed by atoms with van der Waals surface area (Å²) >= 11 is 1.17. The van der Waals surface area contributed by atoms with Gasteiger partial charge in [0.25, 0.3) is 11.6 Å². The van der Waals surface area contributed by atoms with Crippen molar-refractivity contribution < 1.29 is 18.9 Å². The summed E-state index contributed by atoms with van der Waals surface area (Å²) in [6, 6.07) is 9.26. The molecule has 2 heterocycles. The van der Waals surface area contributed by atoms with Crippen molar-refractivity contribution in [2.45, 2.75) is 13.8 Å². The molecule has 0 atom stereocenters. The van der Waals surface area contributed by atoms with Crippen LogP contribution in [0.4, 0.5) is 10.8 Å². The van der Waals surface area contributed by atoms with Crippen molar-refractivity contribution in [2.75, 3.05) is 11.9 Å². The molecular formula is C19H15N5O5S. The third-order valence-corrected chi connectivity index (χ3v) is 4.52. The Morgan fingerprint density at radius 1 is 1.40 bits per heavy atom. The van der Waals surface area contributed by atoms with E-state index in [1.807, 2.05) is 0 Å². The zero-order chi connectivity index (χ0) is 21.7. The molecule has 152 valence electrons. The Bertz CT molecular complexity index is 1170. The van der Waals surface area contributed by atoms with Gasteiger partial charge in [0, 0.05) is 6.08 Å². The van der Waals surface area contributed by atoms with Gasteiger partial charge in [-0.3, -0.25) is 20.2 Å². The van der Waals surface area contributed by atoms with Crippen molar-refractivity contribution in [3.63, 3.8) is 0 Å². The van der Waals surface area contributed by atoms with E-state index in [0.29, 0.717) is 17.4 Å². The van der Waals surface area contributed by atoms with Crippen LogP contribution in [-0.2, 0) is 4.79 Å². The van der Waals surface area contributed by atoms with Crippen LogP contribution in [-0.4, -0.2) is 27.6 Å². The van der Waals surface area contributed by atoms with Crippen molar-refractivity contribution in [1.29, 1.82) is 5.26 Å². The summed E-state index contributed by atoms with van der Waals surface area (Å²) in [6.45, 7) is 3.89. The number of nitriles is 1. The summed E-state index contributed by atoms with van der Waals surface area (Å²) in [4.78, 5) is 23.2. The first-order chi connectivity index (χ1) is 14.4. The van der Waals surface area contributed by atoms with E-state index < -0.39 is 10.8 Å². The van der Waals surface area contributed by atoms with E-state index in [0.717, 1.165) is 0 Å². The van der Waals surface area contributed by atoms with Crippen LogP contribution in [0.15, 0.2) is 40.3 Å². The Morgan fingerprint density at radius 3 is 2.83 bits per heavy atom. The lowest BCUT2D eigenvalue weighted by atomic mass is 10.1. The highest BCUT2D eigenvalue weighted by Gasteiger charge is 2.20. The number of aromatic nitrogens is 2. The maximum atomic E-state index is 12.3. The molecule has 30 heavy (non-hydrogen) atoms. The number of nitrogens with one attached hydrogen (secondary N) is 1. The summed E-state index contributed by atoms with van der Waals surface area (Å²) in [5.74, 6) is 0.107. The number of hydrogen-bond donors (Lipinski definition) is 1. The van der Waals surface area contributed by atoms with Gasteiger partial charge in [0.2, 0.25) is 5.13 Å². The highest BCUT2D eigenvalue weighted by Crippen LogP contribution is 2.34. The lowest BCUT2D eigenvalue weighted by Crippen LogP contribution is -2.13. The molecule has 1 aromatic carbocycles. The third kappa shape index (κ3) is 4.68. The number of anilines is 1. The first-order valence-electron chi connectivity index (χ1n) is 8.66. The SMILES string of the molecule is CCOc1ccc(-c2ccc(/C=C(/C#N)C(=O)Nc3nnc(C)s3)o2)c([N+](=O)[O-])c1. The molecule has 10 nitrogen and oxygen atoms in total. The number of hydrogen-bond acceptors (Lipinski definition) is 9. The smallest absolute Gasteiger partial charge is 0.284 e. The standard InChI is InChI=1S/C19H15N5O5S/c1-3-28-13-4-6-15(16(9-13)24(26)27)17-7-5-14(29-17)8-12(10-20)18(25)21-19-23-22-11(2)30-19/h4-9H,3H2,1-2H3,(H,21,23,25)/b12-8-. The molecule has 1 amide bonds. The monoisotopic (exact) mass is 425 g/mol. The van der Waals surface area contributed by atoms with Gasteiger partial charge < -0.3 is 9.15 Å². The maximum absolute atomic E-state index is 12.3. The van der Waals surface area contributed by atoms with Crippen molar-refractivity contribution in [3.05, 3.63) is 56.8 Å². The van der Waals surface area contributed by atoms with E-state index >= 15 is 0 Å². The second-order valence-electron chi connectivity index (χ2n) is 5.82. The van der Waals surface area contributed by atoms with Gasteiger partial charge in [-0.1, -0.05) is 11.3 Å². The third-order valence-electron chi connectivity index (χ3n) is 3.77. The molecule has 3 aromatic rings. The molecule has 0 unspecified atom stereocenters. The van der Waals surface area contributed by atoms with E-state index in [2.05, 4.69) is 15.5 Å². The second kappa shape index (κ2) is 8.97. The highest BCUT2D eigenvalue weighted by atomic mass is 32.1. The molecule has 0 aliphatic rings. The average Bonchev–Trinajstić information content (AvgIpc) is 3.35. The van der Waals surface area contributed by atoms with Gasteiger partial charge in [-0.05, 0) is 38.1 Å².